The Hall–Kier alpha value is -1.39. The van der Waals surface area contributed by atoms with Crippen molar-refractivity contribution in [1.82, 2.24) is 10.2 Å². The number of carbonyl (C=O) groups is 1. The minimum Gasteiger partial charge on any atom is -0.340 e. The number of nitrogens with zero attached hydrogens (tertiary/aromatic N) is 1. The second kappa shape index (κ2) is 6.16. The molecule has 2 aliphatic rings. The molecule has 1 aromatic carbocycles. The molecule has 1 amide bonds. The summed E-state index contributed by atoms with van der Waals surface area (Å²) in [6, 6.07) is 8.62. The lowest BCUT2D eigenvalue weighted by Crippen LogP contribution is -2.46. The summed E-state index contributed by atoms with van der Waals surface area (Å²) in [5.41, 5.74) is 8.76. The number of hydrogen-bond donors (Lipinski definition) is 2. The van der Waals surface area contributed by atoms with E-state index in [4.69, 9.17) is 5.73 Å². The lowest BCUT2D eigenvalue weighted by molar-refractivity contribution is -0.131. The van der Waals surface area contributed by atoms with Crippen LogP contribution >= 0.6 is 0 Å². The fourth-order valence-electron chi connectivity index (χ4n) is 2.89. The summed E-state index contributed by atoms with van der Waals surface area (Å²) in [7, 11) is 0. The van der Waals surface area contributed by atoms with Crippen LogP contribution in [0.15, 0.2) is 24.3 Å². The number of piperazine rings is 1. The van der Waals surface area contributed by atoms with Crippen LogP contribution in [0.4, 0.5) is 0 Å². The SMILES string of the molecule is NC1(Cc2ccc(CCC(=O)N3CCNCC3)cc2)CC1. The first kappa shape index (κ1) is 14.5. The number of nitrogens with two attached hydrogens (primary N) is 1. The highest BCUT2D eigenvalue weighted by molar-refractivity contribution is 5.76. The maximum absolute atomic E-state index is 12.1. The quantitative estimate of drug-likeness (QED) is 0.852. The Morgan fingerprint density at radius 1 is 1.14 bits per heavy atom. The van der Waals surface area contributed by atoms with Crippen LogP contribution in [0.5, 0.6) is 0 Å². The average molecular weight is 287 g/mol. The summed E-state index contributed by atoms with van der Waals surface area (Å²) < 4.78 is 0. The molecule has 1 aromatic rings. The second-order valence-corrected chi connectivity index (χ2v) is 6.49. The first-order valence-corrected chi connectivity index (χ1v) is 8.00. The van der Waals surface area contributed by atoms with Crippen molar-refractivity contribution >= 4 is 5.91 Å². The number of aryl methyl sites for hydroxylation is 1. The molecule has 0 aromatic heterocycles. The number of amides is 1. The van der Waals surface area contributed by atoms with Gasteiger partial charge in [0.15, 0.2) is 0 Å². The lowest BCUT2D eigenvalue weighted by Gasteiger charge is -2.27. The van der Waals surface area contributed by atoms with Crippen LogP contribution in [-0.4, -0.2) is 42.5 Å². The average Bonchev–Trinajstić information content (AvgIpc) is 3.24. The van der Waals surface area contributed by atoms with Crippen molar-refractivity contribution < 1.29 is 4.79 Å². The van der Waals surface area contributed by atoms with Crippen LogP contribution in [0.25, 0.3) is 0 Å². The smallest absolute Gasteiger partial charge is 0.222 e. The maximum Gasteiger partial charge on any atom is 0.222 e. The van der Waals surface area contributed by atoms with Crippen LogP contribution < -0.4 is 11.1 Å². The van der Waals surface area contributed by atoms with E-state index < -0.39 is 0 Å². The zero-order chi connectivity index (χ0) is 14.7. The highest BCUT2D eigenvalue weighted by Gasteiger charge is 2.37. The molecule has 3 N–H and O–H groups in total. The van der Waals surface area contributed by atoms with Crippen LogP contribution in [0.1, 0.15) is 30.4 Å². The minimum atomic E-state index is 0.0692. The highest BCUT2D eigenvalue weighted by Crippen LogP contribution is 2.35. The van der Waals surface area contributed by atoms with E-state index in [-0.39, 0.29) is 11.4 Å². The van der Waals surface area contributed by atoms with Gasteiger partial charge in [-0.2, -0.15) is 0 Å². The summed E-state index contributed by atoms with van der Waals surface area (Å²) in [6.07, 6.45) is 4.71. The number of carbonyl (C=O) groups excluding carboxylic acids is 1. The molecule has 1 aliphatic carbocycles. The first-order chi connectivity index (χ1) is 10.1. The molecule has 0 spiro atoms. The molecule has 2 fully saturated rings. The van der Waals surface area contributed by atoms with Gasteiger partial charge in [-0.15, -0.1) is 0 Å². The van der Waals surface area contributed by atoms with E-state index in [9.17, 15) is 4.79 Å². The lowest BCUT2D eigenvalue weighted by atomic mass is 10.0. The number of hydrogen-bond acceptors (Lipinski definition) is 3. The molecule has 0 atom stereocenters. The van der Waals surface area contributed by atoms with E-state index in [0.29, 0.717) is 6.42 Å². The van der Waals surface area contributed by atoms with E-state index in [1.165, 1.54) is 11.1 Å². The molecule has 0 unspecified atom stereocenters. The van der Waals surface area contributed by atoms with Gasteiger partial charge >= 0.3 is 0 Å². The number of benzene rings is 1. The van der Waals surface area contributed by atoms with Crippen molar-refractivity contribution in [3.05, 3.63) is 35.4 Å². The molecule has 1 aliphatic heterocycles. The van der Waals surface area contributed by atoms with Crippen LogP contribution in [0.2, 0.25) is 0 Å². The molecule has 1 heterocycles. The van der Waals surface area contributed by atoms with Crippen molar-refractivity contribution in [3.63, 3.8) is 0 Å². The van der Waals surface area contributed by atoms with Crippen molar-refractivity contribution in [1.29, 1.82) is 0 Å². The van der Waals surface area contributed by atoms with Crippen molar-refractivity contribution in [2.75, 3.05) is 26.2 Å². The summed E-state index contributed by atoms with van der Waals surface area (Å²) in [5, 5.41) is 3.27. The molecule has 1 saturated carbocycles. The third-order valence-electron chi connectivity index (χ3n) is 4.57. The van der Waals surface area contributed by atoms with Gasteiger partial charge < -0.3 is 16.0 Å². The Labute approximate surface area is 126 Å². The molecule has 0 radical (unpaired) electrons. The third-order valence-corrected chi connectivity index (χ3v) is 4.57. The molecule has 1 saturated heterocycles. The number of rotatable bonds is 5. The molecule has 114 valence electrons. The zero-order valence-electron chi connectivity index (χ0n) is 12.6. The summed E-state index contributed by atoms with van der Waals surface area (Å²) >= 11 is 0. The fourth-order valence-corrected chi connectivity index (χ4v) is 2.89. The molecule has 0 bridgehead atoms. The Kier molecular flexibility index (Phi) is 4.27. The van der Waals surface area contributed by atoms with Crippen LogP contribution in [0, 0.1) is 0 Å². The summed E-state index contributed by atoms with van der Waals surface area (Å²) in [4.78, 5) is 14.1. The Morgan fingerprint density at radius 2 is 1.76 bits per heavy atom. The van der Waals surface area contributed by atoms with E-state index >= 15 is 0 Å². The predicted molar refractivity (Wildman–Crippen MR) is 84.1 cm³/mol. The first-order valence-electron chi connectivity index (χ1n) is 8.00. The maximum atomic E-state index is 12.1. The third kappa shape index (κ3) is 4.05. The van der Waals surface area contributed by atoms with Crippen molar-refractivity contribution in [3.8, 4) is 0 Å². The van der Waals surface area contributed by atoms with Gasteiger partial charge in [-0.25, -0.2) is 0 Å². The van der Waals surface area contributed by atoms with Crippen molar-refractivity contribution in [2.45, 2.75) is 37.6 Å². The summed E-state index contributed by atoms with van der Waals surface area (Å²) in [5.74, 6) is 0.277. The molecule has 21 heavy (non-hydrogen) atoms. The molecular formula is C17H25N3O. The van der Waals surface area contributed by atoms with Gasteiger partial charge in [0.2, 0.25) is 5.91 Å². The predicted octanol–water partition coefficient (Wildman–Crippen LogP) is 1.08. The zero-order valence-corrected chi connectivity index (χ0v) is 12.6. The minimum absolute atomic E-state index is 0.0692. The van der Waals surface area contributed by atoms with E-state index in [2.05, 4.69) is 29.6 Å². The molecule has 4 nitrogen and oxygen atoms in total. The highest BCUT2D eigenvalue weighted by atomic mass is 16.2. The van der Waals surface area contributed by atoms with Gasteiger partial charge in [-0.1, -0.05) is 24.3 Å². The van der Waals surface area contributed by atoms with Gasteiger partial charge in [0, 0.05) is 38.1 Å². The number of nitrogens with one attached hydrogen (secondary N) is 1. The monoisotopic (exact) mass is 287 g/mol. The molecule has 4 heteroatoms. The normalized spacial score (nSPS) is 20.3. The Morgan fingerprint density at radius 3 is 2.38 bits per heavy atom. The van der Waals surface area contributed by atoms with Gasteiger partial charge in [0.05, 0.1) is 0 Å². The van der Waals surface area contributed by atoms with Crippen LogP contribution in [-0.2, 0) is 17.6 Å². The van der Waals surface area contributed by atoms with Gasteiger partial charge in [0.1, 0.15) is 0 Å². The Balaban J connectivity index is 1.47. The summed E-state index contributed by atoms with van der Waals surface area (Å²) in [6.45, 7) is 3.52. The topological polar surface area (TPSA) is 58.4 Å². The van der Waals surface area contributed by atoms with E-state index in [1.54, 1.807) is 0 Å². The van der Waals surface area contributed by atoms with Gasteiger partial charge in [0.25, 0.3) is 0 Å². The van der Waals surface area contributed by atoms with Gasteiger partial charge in [-0.3, -0.25) is 4.79 Å². The standard InChI is InChI=1S/C17H25N3O/c18-17(7-8-17)13-15-3-1-14(2-4-15)5-6-16(21)20-11-9-19-10-12-20/h1-4,19H,5-13,18H2. The molecular weight excluding hydrogens is 262 g/mol. The largest absolute Gasteiger partial charge is 0.340 e. The van der Waals surface area contributed by atoms with E-state index in [1.807, 2.05) is 4.90 Å². The Bertz CT molecular complexity index is 487. The molecule has 3 rings (SSSR count). The second-order valence-electron chi connectivity index (χ2n) is 6.49. The van der Waals surface area contributed by atoms with Crippen molar-refractivity contribution in [2.24, 2.45) is 5.73 Å². The van der Waals surface area contributed by atoms with Crippen LogP contribution in [0.3, 0.4) is 0 Å². The van der Waals surface area contributed by atoms with Gasteiger partial charge in [-0.05, 0) is 36.8 Å². The fraction of sp³-hybridized carbons (Fsp3) is 0.588. The van der Waals surface area contributed by atoms with E-state index in [0.717, 1.165) is 51.9 Å².